The van der Waals surface area contributed by atoms with Gasteiger partial charge in [0.15, 0.2) is 5.96 Å². The van der Waals surface area contributed by atoms with Crippen molar-refractivity contribution in [3.05, 3.63) is 33.8 Å². The molecule has 0 amide bonds. The molecule has 1 atom stereocenters. The first-order valence-corrected chi connectivity index (χ1v) is 10.7. The van der Waals surface area contributed by atoms with Gasteiger partial charge in [0.25, 0.3) is 0 Å². The summed E-state index contributed by atoms with van der Waals surface area (Å²) in [6.45, 7) is 15.8. The van der Waals surface area contributed by atoms with E-state index in [1.54, 1.807) is 6.07 Å². The van der Waals surface area contributed by atoms with Gasteiger partial charge in [-0.1, -0.05) is 43.1 Å². The van der Waals surface area contributed by atoms with Gasteiger partial charge < -0.3 is 20.4 Å². The van der Waals surface area contributed by atoms with Gasteiger partial charge in [-0.05, 0) is 37.1 Å². The zero-order chi connectivity index (χ0) is 19.6. The Kier molecular flexibility index (Phi) is 12.7. The fourth-order valence-electron chi connectivity index (χ4n) is 3.22. The topological polar surface area (TPSA) is 42.9 Å². The number of hydrogen-bond acceptors (Lipinski definition) is 3. The molecule has 1 fully saturated rings. The van der Waals surface area contributed by atoms with Gasteiger partial charge in [-0.15, -0.1) is 24.0 Å². The molecule has 5 nitrogen and oxygen atoms in total. The van der Waals surface area contributed by atoms with E-state index in [2.05, 4.69) is 46.2 Å². The molecular weight excluding hydrogens is 508 g/mol. The second-order valence-corrected chi connectivity index (χ2v) is 8.00. The predicted molar refractivity (Wildman–Crippen MR) is 132 cm³/mol. The van der Waals surface area contributed by atoms with Crippen LogP contribution in [0.3, 0.4) is 0 Å². The van der Waals surface area contributed by atoms with Gasteiger partial charge in [0, 0.05) is 55.9 Å². The molecule has 0 aliphatic carbocycles. The van der Waals surface area contributed by atoms with Crippen LogP contribution in [0.25, 0.3) is 0 Å². The smallest absolute Gasteiger partial charge is 0.191 e. The number of piperazine rings is 1. The Morgan fingerprint density at radius 1 is 1.11 bits per heavy atom. The first-order valence-electron chi connectivity index (χ1n) is 9.92. The van der Waals surface area contributed by atoms with Crippen molar-refractivity contribution in [1.82, 2.24) is 20.4 Å². The van der Waals surface area contributed by atoms with Gasteiger partial charge in [-0.25, -0.2) is 4.99 Å². The van der Waals surface area contributed by atoms with Crippen LogP contribution in [-0.2, 0) is 6.54 Å². The Hall–Kier alpha value is -0.280. The molecule has 1 saturated heterocycles. The van der Waals surface area contributed by atoms with Crippen LogP contribution in [0.1, 0.15) is 26.3 Å². The highest BCUT2D eigenvalue weighted by molar-refractivity contribution is 14.0. The quantitative estimate of drug-likeness (QED) is 0.297. The highest BCUT2D eigenvalue weighted by Gasteiger charge is 2.17. The van der Waals surface area contributed by atoms with E-state index in [0.29, 0.717) is 22.5 Å². The van der Waals surface area contributed by atoms with Crippen molar-refractivity contribution in [1.29, 1.82) is 0 Å². The molecule has 1 unspecified atom stereocenters. The average molecular weight is 542 g/mol. The van der Waals surface area contributed by atoms with E-state index in [1.807, 2.05) is 12.1 Å². The number of rotatable bonds is 8. The van der Waals surface area contributed by atoms with E-state index >= 15 is 0 Å². The third-order valence-corrected chi connectivity index (χ3v) is 5.45. The molecule has 0 spiro atoms. The van der Waals surface area contributed by atoms with Gasteiger partial charge in [-0.3, -0.25) is 0 Å². The van der Waals surface area contributed by atoms with Crippen molar-refractivity contribution >= 4 is 53.1 Å². The lowest BCUT2D eigenvalue weighted by atomic mass is 10.1. The summed E-state index contributed by atoms with van der Waals surface area (Å²) in [5.41, 5.74) is 0.972. The van der Waals surface area contributed by atoms with Crippen molar-refractivity contribution in [3.63, 3.8) is 0 Å². The minimum Gasteiger partial charge on any atom is -0.357 e. The second kappa shape index (κ2) is 13.9. The Morgan fingerprint density at radius 2 is 1.79 bits per heavy atom. The van der Waals surface area contributed by atoms with E-state index in [-0.39, 0.29) is 24.0 Å². The first-order chi connectivity index (χ1) is 13.0. The van der Waals surface area contributed by atoms with Crippen molar-refractivity contribution < 1.29 is 0 Å². The average Bonchev–Trinajstić information content (AvgIpc) is 2.66. The summed E-state index contributed by atoms with van der Waals surface area (Å²) >= 11 is 12.2. The molecule has 1 aromatic rings. The highest BCUT2D eigenvalue weighted by Crippen LogP contribution is 2.21. The maximum Gasteiger partial charge on any atom is 0.191 e. The maximum atomic E-state index is 6.24. The van der Waals surface area contributed by atoms with Gasteiger partial charge in [0.1, 0.15) is 0 Å². The Labute approximate surface area is 197 Å². The highest BCUT2D eigenvalue weighted by atomic mass is 127. The Bertz CT molecular complexity index is 606. The van der Waals surface area contributed by atoms with Crippen LogP contribution in [0.15, 0.2) is 23.2 Å². The summed E-state index contributed by atoms with van der Waals surface area (Å²) in [5, 5.41) is 8.07. The van der Waals surface area contributed by atoms with E-state index < -0.39 is 0 Å². The number of nitrogens with zero attached hydrogens (tertiary/aromatic N) is 3. The number of hydrogen-bond donors (Lipinski definition) is 2. The van der Waals surface area contributed by atoms with E-state index in [1.165, 1.54) is 26.2 Å². The van der Waals surface area contributed by atoms with Gasteiger partial charge in [0.2, 0.25) is 0 Å². The molecule has 1 aliphatic heterocycles. The van der Waals surface area contributed by atoms with Crippen LogP contribution in [0.5, 0.6) is 0 Å². The second-order valence-electron chi connectivity index (χ2n) is 7.15. The largest absolute Gasteiger partial charge is 0.357 e. The minimum absolute atomic E-state index is 0. The molecular formula is C20H34Cl2IN5. The zero-order valence-electron chi connectivity index (χ0n) is 17.2. The fourth-order valence-corrected chi connectivity index (χ4v) is 3.69. The standard InChI is InChI=1S/C20H33Cl2N5.HI/c1-4-23-20(25-14-17-6-7-18(21)12-19(17)22)24-13-16(3)15-27-10-8-26(5-2)9-11-27;/h6-7,12,16H,4-5,8-11,13-15H2,1-3H3,(H2,23,24,25);1H. The third kappa shape index (κ3) is 9.03. The molecule has 0 aromatic heterocycles. The van der Waals surface area contributed by atoms with E-state index in [4.69, 9.17) is 23.2 Å². The molecule has 28 heavy (non-hydrogen) atoms. The molecule has 0 radical (unpaired) electrons. The number of benzene rings is 1. The molecule has 1 heterocycles. The summed E-state index contributed by atoms with van der Waals surface area (Å²) in [6, 6.07) is 5.53. The number of likely N-dealkylation sites (N-methyl/N-ethyl adjacent to an activating group) is 1. The van der Waals surface area contributed by atoms with Crippen LogP contribution in [0.4, 0.5) is 0 Å². The molecule has 8 heteroatoms. The van der Waals surface area contributed by atoms with Crippen LogP contribution in [0, 0.1) is 5.92 Å². The van der Waals surface area contributed by atoms with Crippen molar-refractivity contribution in [2.45, 2.75) is 27.3 Å². The Balaban J connectivity index is 0.00000392. The molecule has 0 bridgehead atoms. The lowest BCUT2D eigenvalue weighted by molar-refractivity contribution is 0.124. The number of aliphatic imine (C=N–C) groups is 1. The molecule has 160 valence electrons. The number of nitrogens with one attached hydrogen (secondary N) is 2. The summed E-state index contributed by atoms with van der Waals surface area (Å²) in [5.74, 6) is 1.38. The van der Waals surface area contributed by atoms with E-state index in [9.17, 15) is 0 Å². The molecule has 2 rings (SSSR count). The number of guanidine groups is 1. The molecule has 1 aromatic carbocycles. The van der Waals surface area contributed by atoms with Gasteiger partial charge in [-0.2, -0.15) is 0 Å². The van der Waals surface area contributed by atoms with Gasteiger partial charge >= 0.3 is 0 Å². The van der Waals surface area contributed by atoms with Crippen LogP contribution >= 0.6 is 47.2 Å². The minimum atomic E-state index is 0. The predicted octanol–water partition coefficient (Wildman–Crippen LogP) is 3.94. The van der Waals surface area contributed by atoms with Gasteiger partial charge in [0.05, 0.1) is 6.54 Å². The zero-order valence-corrected chi connectivity index (χ0v) is 21.0. The fraction of sp³-hybridized carbons (Fsp3) is 0.650. The van der Waals surface area contributed by atoms with Crippen LogP contribution in [-0.4, -0.2) is 68.1 Å². The van der Waals surface area contributed by atoms with Crippen molar-refractivity contribution in [2.24, 2.45) is 10.9 Å². The first kappa shape index (κ1) is 25.8. The summed E-state index contributed by atoms with van der Waals surface area (Å²) in [7, 11) is 0. The molecule has 1 aliphatic rings. The third-order valence-electron chi connectivity index (χ3n) is 4.87. The van der Waals surface area contributed by atoms with Crippen LogP contribution in [0.2, 0.25) is 10.0 Å². The molecule has 0 saturated carbocycles. The Morgan fingerprint density at radius 3 is 2.39 bits per heavy atom. The lowest BCUT2D eigenvalue weighted by Crippen LogP contribution is -2.48. The van der Waals surface area contributed by atoms with Crippen molar-refractivity contribution in [2.75, 3.05) is 52.4 Å². The van der Waals surface area contributed by atoms with Crippen molar-refractivity contribution in [3.8, 4) is 0 Å². The number of halogens is 3. The summed E-state index contributed by atoms with van der Waals surface area (Å²) in [6.07, 6.45) is 0. The monoisotopic (exact) mass is 541 g/mol. The van der Waals surface area contributed by atoms with E-state index in [0.717, 1.165) is 37.7 Å². The summed E-state index contributed by atoms with van der Waals surface area (Å²) < 4.78 is 0. The van der Waals surface area contributed by atoms with Crippen LogP contribution < -0.4 is 10.6 Å². The normalized spacial score (nSPS) is 17.1. The maximum absolute atomic E-state index is 6.24. The lowest BCUT2D eigenvalue weighted by Gasteiger charge is -2.35. The molecule has 2 N–H and O–H groups in total. The SMILES string of the molecule is CCNC(=NCc1ccc(Cl)cc1Cl)NCC(C)CN1CCN(CC)CC1.I. The summed E-state index contributed by atoms with van der Waals surface area (Å²) in [4.78, 5) is 9.74.